The second kappa shape index (κ2) is 5.44. The van der Waals surface area contributed by atoms with Gasteiger partial charge in [0.15, 0.2) is 11.3 Å². The number of rotatable bonds is 5. The van der Waals surface area contributed by atoms with Gasteiger partial charge in [0.2, 0.25) is 0 Å². The van der Waals surface area contributed by atoms with E-state index in [2.05, 4.69) is 25.2 Å². The van der Waals surface area contributed by atoms with Gasteiger partial charge in [-0.15, -0.1) is 0 Å². The van der Waals surface area contributed by atoms with Gasteiger partial charge in [-0.3, -0.25) is 0 Å². The van der Waals surface area contributed by atoms with Gasteiger partial charge in [0.05, 0.1) is 13.7 Å². The average Bonchev–Trinajstić information content (AvgIpc) is 2.67. The van der Waals surface area contributed by atoms with Crippen LogP contribution >= 0.6 is 0 Å². The van der Waals surface area contributed by atoms with Gasteiger partial charge in [-0.25, -0.2) is 0 Å². The van der Waals surface area contributed by atoms with E-state index in [1.54, 1.807) is 7.11 Å². The molecule has 3 heteroatoms. The summed E-state index contributed by atoms with van der Waals surface area (Å²) in [6.07, 6.45) is 1.02. The van der Waals surface area contributed by atoms with E-state index in [4.69, 9.17) is 9.15 Å². The highest BCUT2D eigenvalue weighted by Gasteiger charge is 2.17. The van der Waals surface area contributed by atoms with E-state index in [0.717, 1.165) is 30.1 Å². The molecule has 0 aliphatic heterocycles. The fourth-order valence-electron chi connectivity index (χ4n) is 2.29. The molecule has 0 fully saturated rings. The number of methoxy groups -OCH3 is 1. The van der Waals surface area contributed by atoms with Gasteiger partial charge in [0.1, 0.15) is 5.76 Å². The highest BCUT2D eigenvalue weighted by molar-refractivity contribution is 5.87. The molecule has 98 valence electrons. The van der Waals surface area contributed by atoms with Gasteiger partial charge in [0, 0.05) is 10.9 Å². The SMILES string of the molecule is CNCc1oc2c(OC)cccc2c1CC(C)C. The third kappa shape index (κ3) is 2.36. The Labute approximate surface area is 108 Å². The van der Waals surface area contributed by atoms with Gasteiger partial charge in [-0.1, -0.05) is 26.0 Å². The molecule has 1 heterocycles. The van der Waals surface area contributed by atoms with E-state index in [0.29, 0.717) is 5.92 Å². The predicted molar refractivity (Wildman–Crippen MR) is 74.1 cm³/mol. The van der Waals surface area contributed by atoms with Crippen molar-refractivity contribution in [1.82, 2.24) is 5.32 Å². The van der Waals surface area contributed by atoms with Crippen molar-refractivity contribution in [3.8, 4) is 5.75 Å². The molecule has 0 atom stereocenters. The lowest BCUT2D eigenvalue weighted by Crippen LogP contribution is -2.07. The maximum absolute atomic E-state index is 5.98. The lowest BCUT2D eigenvalue weighted by atomic mass is 9.99. The van der Waals surface area contributed by atoms with E-state index in [9.17, 15) is 0 Å². The predicted octanol–water partition coefficient (Wildman–Crippen LogP) is 3.36. The van der Waals surface area contributed by atoms with Gasteiger partial charge >= 0.3 is 0 Å². The van der Waals surface area contributed by atoms with Crippen LogP contribution in [-0.2, 0) is 13.0 Å². The van der Waals surface area contributed by atoms with Crippen LogP contribution in [0.4, 0.5) is 0 Å². The summed E-state index contributed by atoms with van der Waals surface area (Å²) in [4.78, 5) is 0. The molecule has 1 aromatic carbocycles. The van der Waals surface area contributed by atoms with E-state index in [1.807, 2.05) is 19.2 Å². The molecule has 0 spiro atoms. The second-order valence-electron chi connectivity index (χ2n) is 4.97. The highest BCUT2D eigenvalue weighted by atomic mass is 16.5. The number of hydrogen-bond acceptors (Lipinski definition) is 3. The zero-order chi connectivity index (χ0) is 13.1. The van der Waals surface area contributed by atoms with Crippen molar-refractivity contribution in [2.45, 2.75) is 26.8 Å². The standard InChI is InChI=1S/C15H21NO2/c1-10(2)8-12-11-6-5-7-13(17-4)15(11)18-14(12)9-16-3/h5-7,10,16H,8-9H2,1-4H3. The van der Waals surface area contributed by atoms with E-state index < -0.39 is 0 Å². The molecular weight excluding hydrogens is 226 g/mol. The van der Waals surface area contributed by atoms with Crippen molar-refractivity contribution >= 4 is 11.0 Å². The third-order valence-electron chi connectivity index (χ3n) is 3.04. The number of furan rings is 1. The van der Waals surface area contributed by atoms with Crippen molar-refractivity contribution in [1.29, 1.82) is 0 Å². The fraction of sp³-hybridized carbons (Fsp3) is 0.467. The molecule has 0 aliphatic carbocycles. The summed E-state index contributed by atoms with van der Waals surface area (Å²) in [5, 5.41) is 4.34. The zero-order valence-electron chi connectivity index (χ0n) is 11.5. The number of nitrogens with one attached hydrogen (secondary N) is 1. The van der Waals surface area contributed by atoms with Crippen molar-refractivity contribution in [2.75, 3.05) is 14.2 Å². The van der Waals surface area contributed by atoms with Gasteiger partial charge in [-0.05, 0) is 25.5 Å². The largest absolute Gasteiger partial charge is 0.493 e. The lowest BCUT2D eigenvalue weighted by molar-refractivity contribution is 0.406. The van der Waals surface area contributed by atoms with Crippen LogP contribution < -0.4 is 10.1 Å². The van der Waals surface area contributed by atoms with Crippen LogP contribution in [0.1, 0.15) is 25.2 Å². The van der Waals surface area contributed by atoms with Gasteiger partial charge in [0.25, 0.3) is 0 Å². The maximum atomic E-state index is 5.98. The molecule has 0 unspecified atom stereocenters. The number of fused-ring (bicyclic) bond motifs is 1. The van der Waals surface area contributed by atoms with E-state index in [1.165, 1.54) is 10.9 Å². The van der Waals surface area contributed by atoms with Crippen LogP contribution in [0.2, 0.25) is 0 Å². The molecule has 2 rings (SSSR count). The summed E-state index contributed by atoms with van der Waals surface area (Å²) in [6.45, 7) is 5.20. The van der Waals surface area contributed by atoms with Crippen LogP contribution in [0.3, 0.4) is 0 Å². The van der Waals surface area contributed by atoms with Crippen LogP contribution in [0.15, 0.2) is 22.6 Å². The number of benzene rings is 1. The Morgan fingerprint density at radius 2 is 2.11 bits per heavy atom. The molecule has 0 saturated heterocycles. The van der Waals surface area contributed by atoms with Gasteiger partial charge < -0.3 is 14.5 Å². The molecule has 2 aromatic rings. The topological polar surface area (TPSA) is 34.4 Å². The van der Waals surface area contributed by atoms with Crippen LogP contribution in [-0.4, -0.2) is 14.2 Å². The molecule has 0 saturated carbocycles. The van der Waals surface area contributed by atoms with Crippen molar-refractivity contribution < 1.29 is 9.15 Å². The minimum absolute atomic E-state index is 0.604. The summed E-state index contributed by atoms with van der Waals surface area (Å²) < 4.78 is 11.3. The molecule has 0 aliphatic rings. The Morgan fingerprint density at radius 3 is 2.72 bits per heavy atom. The molecule has 0 radical (unpaired) electrons. The quantitative estimate of drug-likeness (QED) is 0.879. The first-order chi connectivity index (χ1) is 8.67. The molecule has 3 nitrogen and oxygen atoms in total. The van der Waals surface area contributed by atoms with E-state index >= 15 is 0 Å². The first kappa shape index (κ1) is 13.0. The summed E-state index contributed by atoms with van der Waals surface area (Å²) in [7, 11) is 3.61. The molecule has 0 bridgehead atoms. The minimum atomic E-state index is 0.604. The van der Waals surface area contributed by atoms with Crippen molar-refractivity contribution in [2.24, 2.45) is 5.92 Å². The lowest BCUT2D eigenvalue weighted by Gasteiger charge is -2.05. The summed E-state index contributed by atoms with van der Waals surface area (Å²) in [6, 6.07) is 6.07. The third-order valence-corrected chi connectivity index (χ3v) is 3.04. The number of hydrogen-bond donors (Lipinski definition) is 1. The average molecular weight is 247 g/mol. The van der Waals surface area contributed by atoms with Crippen LogP contribution in [0, 0.1) is 5.92 Å². The first-order valence-corrected chi connectivity index (χ1v) is 6.39. The second-order valence-corrected chi connectivity index (χ2v) is 4.97. The summed E-state index contributed by atoms with van der Waals surface area (Å²) in [5.74, 6) is 2.43. The molecule has 1 N–H and O–H groups in total. The van der Waals surface area contributed by atoms with Crippen LogP contribution in [0.5, 0.6) is 5.75 Å². The van der Waals surface area contributed by atoms with Crippen molar-refractivity contribution in [3.63, 3.8) is 0 Å². The first-order valence-electron chi connectivity index (χ1n) is 6.39. The number of para-hydroxylation sites is 1. The Bertz CT molecular complexity index is 529. The number of ether oxygens (including phenoxy) is 1. The van der Waals surface area contributed by atoms with Crippen LogP contribution in [0.25, 0.3) is 11.0 Å². The molecular formula is C15H21NO2. The highest BCUT2D eigenvalue weighted by Crippen LogP contribution is 2.34. The Morgan fingerprint density at radius 1 is 1.33 bits per heavy atom. The molecule has 18 heavy (non-hydrogen) atoms. The minimum Gasteiger partial charge on any atom is -0.493 e. The molecule has 1 aromatic heterocycles. The zero-order valence-corrected chi connectivity index (χ0v) is 11.5. The monoisotopic (exact) mass is 247 g/mol. The van der Waals surface area contributed by atoms with Gasteiger partial charge in [-0.2, -0.15) is 0 Å². The normalized spacial score (nSPS) is 11.4. The smallest absolute Gasteiger partial charge is 0.176 e. The molecule has 0 amide bonds. The summed E-state index contributed by atoms with van der Waals surface area (Å²) >= 11 is 0. The summed E-state index contributed by atoms with van der Waals surface area (Å²) in [5.41, 5.74) is 2.16. The maximum Gasteiger partial charge on any atom is 0.176 e. The van der Waals surface area contributed by atoms with E-state index in [-0.39, 0.29) is 0 Å². The fourth-order valence-corrected chi connectivity index (χ4v) is 2.29. The Balaban J connectivity index is 2.59. The Hall–Kier alpha value is -1.48. The van der Waals surface area contributed by atoms with Crippen molar-refractivity contribution in [3.05, 3.63) is 29.5 Å². The Kier molecular flexibility index (Phi) is 3.92.